The molecular formula is C25H25ClN2O6S. The van der Waals surface area contributed by atoms with Crippen molar-refractivity contribution in [3.05, 3.63) is 65.2 Å². The van der Waals surface area contributed by atoms with Crippen LogP contribution < -0.4 is 29.6 Å². The van der Waals surface area contributed by atoms with Gasteiger partial charge in [-0.15, -0.1) is 11.8 Å². The van der Waals surface area contributed by atoms with Crippen LogP contribution >= 0.6 is 23.4 Å². The second-order valence-electron chi connectivity index (χ2n) is 7.04. The lowest BCUT2D eigenvalue weighted by atomic mass is 10.1. The van der Waals surface area contributed by atoms with Gasteiger partial charge in [0.15, 0.2) is 0 Å². The van der Waals surface area contributed by atoms with Gasteiger partial charge in [0.25, 0.3) is 5.91 Å². The third-order valence-electron chi connectivity index (χ3n) is 4.89. The van der Waals surface area contributed by atoms with Gasteiger partial charge in [0.2, 0.25) is 5.91 Å². The van der Waals surface area contributed by atoms with E-state index in [-0.39, 0.29) is 17.6 Å². The molecule has 3 aromatic rings. The molecule has 0 aliphatic heterocycles. The van der Waals surface area contributed by atoms with Gasteiger partial charge in [0.1, 0.15) is 28.6 Å². The van der Waals surface area contributed by atoms with Crippen LogP contribution in [0, 0.1) is 0 Å². The number of methoxy groups -OCH3 is 4. The summed E-state index contributed by atoms with van der Waals surface area (Å²) in [4.78, 5) is 26.1. The molecule has 0 fully saturated rings. The van der Waals surface area contributed by atoms with Crippen LogP contribution in [0.4, 0.5) is 11.4 Å². The maximum absolute atomic E-state index is 12.8. The van der Waals surface area contributed by atoms with Gasteiger partial charge in [-0.3, -0.25) is 9.59 Å². The smallest absolute Gasteiger partial charge is 0.263 e. The second kappa shape index (κ2) is 12.2. The van der Waals surface area contributed by atoms with Crippen molar-refractivity contribution in [1.82, 2.24) is 0 Å². The molecule has 0 aliphatic rings. The molecule has 0 saturated heterocycles. The van der Waals surface area contributed by atoms with Crippen LogP contribution in [-0.2, 0) is 4.79 Å². The van der Waals surface area contributed by atoms with Gasteiger partial charge in [-0.2, -0.15) is 0 Å². The normalized spacial score (nSPS) is 10.3. The Labute approximate surface area is 212 Å². The lowest BCUT2D eigenvalue weighted by molar-refractivity contribution is -0.113. The molecule has 0 bridgehead atoms. The van der Waals surface area contributed by atoms with Crippen LogP contribution in [0.1, 0.15) is 10.4 Å². The summed E-state index contributed by atoms with van der Waals surface area (Å²) in [5, 5.41) is 5.99. The van der Waals surface area contributed by atoms with Gasteiger partial charge >= 0.3 is 0 Å². The fourth-order valence-electron chi connectivity index (χ4n) is 3.20. The third-order valence-corrected chi connectivity index (χ3v) is 6.19. The minimum absolute atomic E-state index is 0.164. The summed E-state index contributed by atoms with van der Waals surface area (Å²) in [6, 6.07) is 15.5. The van der Waals surface area contributed by atoms with Crippen LogP contribution in [0.3, 0.4) is 0 Å². The van der Waals surface area contributed by atoms with Crippen molar-refractivity contribution in [2.45, 2.75) is 4.90 Å². The van der Waals surface area contributed by atoms with Crippen LogP contribution in [0.2, 0.25) is 5.02 Å². The first-order valence-electron chi connectivity index (χ1n) is 10.4. The summed E-state index contributed by atoms with van der Waals surface area (Å²) in [5.41, 5.74) is 1.35. The first-order chi connectivity index (χ1) is 16.9. The molecule has 0 aromatic heterocycles. The number of anilines is 2. The van der Waals surface area contributed by atoms with Gasteiger partial charge in [-0.1, -0.05) is 17.7 Å². The molecule has 0 aliphatic carbocycles. The molecule has 184 valence electrons. The molecule has 2 amide bonds. The van der Waals surface area contributed by atoms with E-state index in [0.717, 1.165) is 4.90 Å². The van der Waals surface area contributed by atoms with E-state index in [2.05, 4.69) is 10.6 Å². The zero-order valence-corrected chi connectivity index (χ0v) is 21.2. The number of hydrogen-bond donors (Lipinski definition) is 2. The quantitative estimate of drug-likeness (QED) is 0.350. The number of ether oxygens (including phenoxy) is 4. The molecule has 3 aromatic carbocycles. The molecule has 3 rings (SSSR count). The van der Waals surface area contributed by atoms with Crippen LogP contribution in [-0.4, -0.2) is 46.0 Å². The van der Waals surface area contributed by atoms with E-state index in [4.69, 9.17) is 30.5 Å². The fraction of sp³-hybridized carbons (Fsp3) is 0.200. The number of hydrogen-bond acceptors (Lipinski definition) is 7. The molecule has 0 radical (unpaired) electrons. The van der Waals surface area contributed by atoms with E-state index < -0.39 is 0 Å². The molecule has 8 nitrogen and oxygen atoms in total. The van der Waals surface area contributed by atoms with E-state index in [0.29, 0.717) is 45.0 Å². The number of rotatable bonds is 10. The molecule has 0 atom stereocenters. The second-order valence-corrected chi connectivity index (χ2v) is 8.50. The van der Waals surface area contributed by atoms with Crippen LogP contribution in [0.5, 0.6) is 23.0 Å². The first-order valence-corrected chi connectivity index (χ1v) is 11.7. The Hall–Kier alpha value is -3.56. The highest BCUT2D eigenvalue weighted by Gasteiger charge is 2.18. The predicted octanol–water partition coefficient (Wildman–Crippen LogP) is 5.36. The molecule has 0 spiro atoms. The Morgan fingerprint density at radius 1 is 0.800 bits per heavy atom. The Bertz CT molecular complexity index is 1180. The number of nitrogens with one attached hydrogen (secondary N) is 2. The number of thioether (sulfide) groups is 1. The standard InChI is InChI=1S/C25H25ClN2O6S/c1-31-19-6-5-7-20(32-2)24(19)25(30)27-15-8-10-16(11-9-15)35-14-23(29)28-18-12-17(26)21(33-3)13-22(18)34-4/h5-13H,14H2,1-4H3,(H,27,30)(H,28,29). The largest absolute Gasteiger partial charge is 0.496 e. The van der Waals surface area contributed by atoms with Gasteiger partial charge in [-0.05, 0) is 42.5 Å². The summed E-state index contributed by atoms with van der Waals surface area (Å²) >= 11 is 7.50. The molecule has 10 heteroatoms. The van der Waals surface area contributed by atoms with E-state index in [1.165, 1.54) is 40.2 Å². The highest BCUT2D eigenvalue weighted by Crippen LogP contribution is 2.36. The lowest BCUT2D eigenvalue weighted by Gasteiger charge is -2.13. The minimum atomic E-state index is -0.355. The summed E-state index contributed by atoms with van der Waals surface area (Å²) in [6.07, 6.45) is 0. The Morgan fingerprint density at radius 3 is 1.97 bits per heavy atom. The number of amides is 2. The van der Waals surface area contributed by atoms with Crippen molar-refractivity contribution in [3.8, 4) is 23.0 Å². The number of halogens is 1. The maximum Gasteiger partial charge on any atom is 0.263 e. The summed E-state index contributed by atoms with van der Waals surface area (Å²) in [5.74, 6) is 1.30. The van der Waals surface area contributed by atoms with Gasteiger partial charge in [0.05, 0.1) is 44.9 Å². The van der Waals surface area contributed by atoms with Gasteiger partial charge < -0.3 is 29.6 Å². The fourth-order valence-corrected chi connectivity index (χ4v) is 4.14. The number of carbonyl (C=O) groups is 2. The predicted molar refractivity (Wildman–Crippen MR) is 138 cm³/mol. The summed E-state index contributed by atoms with van der Waals surface area (Å²) in [7, 11) is 5.99. The summed E-state index contributed by atoms with van der Waals surface area (Å²) < 4.78 is 21.1. The first kappa shape index (κ1) is 26.1. The van der Waals surface area contributed by atoms with E-state index in [1.54, 1.807) is 42.5 Å². The average molecular weight is 517 g/mol. The average Bonchev–Trinajstić information content (AvgIpc) is 2.87. The molecule has 2 N–H and O–H groups in total. The molecule has 0 saturated carbocycles. The zero-order chi connectivity index (χ0) is 25.4. The van der Waals surface area contributed by atoms with Crippen molar-refractivity contribution in [1.29, 1.82) is 0 Å². The van der Waals surface area contributed by atoms with E-state index in [9.17, 15) is 9.59 Å². The van der Waals surface area contributed by atoms with E-state index >= 15 is 0 Å². The minimum Gasteiger partial charge on any atom is -0.496 e. The van der Waals surface area contributed by atoms with Crippen molar-refractivity contribution in [2.75, 3.05) is 44.8 Å². The lowest BCUT2D eigenvalue weighted by Crippen LogP contribution is -2.15. The highest BCUT2D eigenvalue weighted by molar-refractivity contribution is 8.00. The van der Waals surface area contributed by atoms with E-state index in [1.807, 2.05) is 12.1 Å². The molecule has 0 unspecified atom stereocenters. The van der Waals surface area contributed by atoms with Gasteiger partial charge in [0, 0.05) is 16.6 Å². The number of benzene rings is 3. The van der Waals surface area contributed by atoms with Crippen molar-refractivity contribution in [3.63, 3.8) is 0 Å². The third kappa shape index (κ3) is 6.52. The summed E-state index contributed by atoms with van der Waals surface area (Å²) in [6.45, 7) is 0. The topological polar surface area (TPSA) is 95.1 Å². The van der Waals surface area contributed by atoms with Crippen molar-refractivity contribution in [2.24, 2.45) is 0 Å². The molecular weight excluding hydrogens is 492 g/mol. The highest BCUT2D eigenvalue weighted by atomic mass is 35.5. The zero-order valence-electron chi connectivity index (χ0n) is 19.6. The number of carbonyl (C=O) groups excluding carboxylic acids is 2. The molecule has 35 heavy (non-hydrogen) atoms. The van der Waals surface area contributed by atoms with Crippen molar-refractivity contribution < 1.29 is 28.5 Å². The van der Waals surface area contributed by atoms with Crippen LogP contribution in [0.25, 0.3) is 0 Å². The van der Waals surface area contributed by atoms with Gasteiger partial charge in [-0.25, -0.2) is 0 Å². The van der Waals surface area contributed by atoms with Crippen molar-refractivity contribution >= 4 is 46.6 Å². The maximum atomic E-state index is 12.8. The SMILES string of the molecule is COc1cc(OC)c(NC(=O)CSc2ccc(NC(=O)c3c(OC)cccc3OC)cc2)cc1Cl. The Morgan fingerprint density at radius 2 is 1.40 bits per heavy atom. The Balaban J connectivity index is 1.60. The molecule has 0 heterocycles. The monoisotopic (exact) mass is 516 g/mol. The Kier molecular flexibility index (Phi) is 9.11. The van der Waals surface area contributed by atoms with Crippen LogP contribution in [0.15, 0.2) is 59.5 Å².